The fraction of sp³-hybridized carbons (Fsp3) is 0.524. The Morgan fingerprint density at radius 3 is 2.41 bits per heavy atom. The molecule has 29 heavy (non-hydrogen) atoms. The van der Waals surface area contributed by atoms with Crippen molar-refractivity contribution in [1.29, 1.82) is 0 Å². The van der Waals surface area contributed by atoms with E-state index in [9.17, 15) is 13.2 Å². The van der Waals surface area contributed by atoms with Gasteiger partial charge < -0.3 is 4.90 Å². The normalized spacial score (nSPS) is 15.4. The van der Waals surface area contributed by atoms with Gasteiger partial charge in [-0.05, 0) is 38.8 Å². The summed E-state index contributed by atoms with van der Waals surface area (Å²) >= 11 is 0. The van der Waals surface area contributed by atoms with Crippen LogP contribution in [0.4, 0.5) is 5.82 Å². The zero-order valence-corrected chi connectivity index (χ0v) is 18.2. The van der Waals surface area contributed by atoms with Gasteiger partial charge in [0.1, 0.15) is 12.4 Å². The van der Waals surface area contributed by atoms with Crippen LogP contribution in [0, 0.1) is 0 Å². The van der Waals surface area contributed by atoms with Crippen LogP contribution in [0.25, 0.3) is 0 Å². The quantitative estimate of drug-likeness (QED) is 0.690. The average Bonchev–Trinajstić information content (AvgIpc) is 3.22. The smallest absolute Gasteiger partial charge is 0.265 e. The molecule has 0 saturated heterocycles. The van der Waals surface area contributed by atoms with E-state index >= 15 is 0 Å². The molecule has 158 valence electrons. The number of amides is 1. The fourth-order valence-corrected chi connectivity index (χ4v) is 5.24. The monoisotopic (exact) mass is 418 g/mol. The van der Waals surface area contributed by atoms with E-state index in [1.165, 1.54) is 10.7 Å². The van der Waals surface area contributed by atoms with E-state index in [1.807, 2.05) is 13.8 Å². The Morgan fingerprint density at radius 2 is 1.79 bits per heavy atom. The van der Waals surface area contributed by atoms with Crippen LogP contribution < -0.4 is 4.31 Å². The molecule has 7 nitrogen and oxygen atoms in total. The van der Waals surface area contributed by atoms with Gasteiger partial charge in [-0.25, -0.2) is 17.4 Å². The van der Waals surface area contributed by atoms with Crippen LogP contribution in [0.3, 0.4) is 0 Å². The summed E-state index contributed by atoms with van der Waals surface area (Å²) in [5, 5.41) is 4.27. The third-order valence-electron chi connectivity index (χ3n) is 5.52. The van der Waals surface area contributed by atoms with Crippen molar-refractivity contribution in [2.75, 3.05) is 17.9 Å². The highest BCUT2D eigenvalue weighted by Gasteiger charge is 2.32. The largest absolute Gasteiger partial charge is 0.341 e. The SMILES string of the molecule is CC(C)n1nccc1N(CC(=O)N(C)C1CCCCC1)S(=O)(=O)c1ccccc1. The Balaban J connectivity index is 1.95. The Kier molecular flexibility index (Phi) is 6.62. The topological polar surface area (TPSA) is 75.5 Å². The van der Waals surface area contributed by atoms with Crippen molar-refractivity contribution in [1.82, 2.24) is 14.7 Å². The second-order valence-corrected chi connectivity index (χ2v) is 9.71. The molecule has 0 spiro atoms. The number of rotatable bonds is 7. The second kappa shape index (κ2) is 8.98. The minimum atomic E-state index is -3.91. The van der Waals surface area contributed by atoms with Gasteiger partial charge in [0.05, 0.1) is 11.1 Å². The van der Waals surface area contributed by atoms with Crippen LogP contribution in [0.5, 0.6) is 0 Å². The number of aromatic nitrogens is 2. The molecule has 3 rings (SSSR count). The predicted molar refractivity (Wildman–Crippen MR) is 113 cm³/mol. The van der Waals surface area contributed by atoms with E-state index in [0.717, 1.165) is 25.7 Å². The minimum absolute atomic E-state index is 0.0420. The van der Waals surface area contributed by atoms with E-state index in [0.29, 0.717) is 5.82 Å². The first-order valence-corrected chi connectivity index (χ1v) is 11.6. The van der Waals surface area contributed by atoms with Gasteiger partial charge >= 0.3 is 0 Å². The maximum absolute atomic E-state index is 13.5. The molecule has 1 heterocycles. The molecule has 1 aromatic heterocycles. The molecule has 0 atom stereocenters. The first-order chi connectivity index (χ1) is 13.8. The molecular weight excluding hydrogens is 388 g/mol. The Morgan fingerprint density at radius 1 is 1.14 bits per heavy atom. The number of carbonyl (C=O) groups excluding carboxylic acids is 1. The summed E-state index contributed by atoms with van der Waals surface area (Å²) in [4.78, 5) is 15.0. The third kappa shape index (κ3) is 4.63. The highest BCUT2D eigenvalue weighted by molar-refractivity contribution is 7.92. The molecule has 2 aromatic rings. The molecular formula is C21H30N4O3S. The summed E-state index contributed by atoms with van der Waals surface area (Å²) in [6, 6.07) is 10.0. The number of nitrogens with zero attached hydrogens (tertiary/aromatic N) is 4. The lowest BCUT2D eigenvalue weighted by atomic mass is 9.94. The van der Waals surface area contributed by atoms with Gasteiger partial charge in [-0.2, -0.15) is 5.10 Å². The molecule has 0 bridgehead atoms. The first-order valence-electron chi connectivity index (χ1n) is 10.2. The molecule has 0 aliphatic heterocycles. The molecule has 1 aliphatic carbocycles. The fourth-order valence-electron chi connectivity index (χ4n) is 3.82. The number of hydrogen-bond acceptors (Lipinski definition) is 4. The Bertz CT molecular complexity index is 918. The van der Waals surface area contributed by atoms with E-state index in [-0.39, 0.29) is 29.4 Å². The molecule has 0 radical (unpaired) electrons. The summed E-state index contributed by atoms with van der Waals surface area (Å²) in [7, 11) is -2.13. The number of carbonyl (C=O) groups is 1. The Hall–Kier alpha value is -2.35. The lowest BCUT2D eigenvalue weighted by molar-refractivity contribution is -0.130. The number of benzene rings is 1. The highest BCUT2D eigenvalue weighted by Crippen LogP contribution is 2.27. The van der Waals surface area contributed by atoms with Crippen LogP contribution in [-0.2, 0) is 14.8 Å². The van der Waals surface area contributed by atoms with Crippen molar-refractivity contribution in [3.8, 4) is 0 Å². The van der Waals surface area contributed by atoms with Crippen LogP contribution in [-0.4, -0.2) is 48.6 Å². The highest BCUT2D eigenvalue weighted by atomic mass is 32.2. The number of anilines is 1. The molecule has 0 unspecified atom stereocenters. The van der Waals surface area contributed by atoms with Gasteiger partial charge in [-0.1, -0.05) is 37.5 Å². The van der Waals surface area contributed by atoms with Crippen LogP contribution in [0.15, 0.2) is 47.5 Å². The van der Waals surface area contributed by atoms with Gasteiger partial charge in [0.15, 0.2) is 0 Å². The van der Waals surface area contributed by atoms with E-state index in [2.05, 4.69) is 5.10 Å². The van der Waals surface area contributed by atoms with Gasteiger partial charge in [0, 0.05) is 25.2 Å². The molecule has 0 N–H and O–H groups in total. The van der Waals surface area contributed by atoms with Crippen molar-refractivity contribution in [2.24, 2.45) is 0 Å². The van der Waals surface area contributed by atoms with Gasteiger partial charge in [0.2, 0.25) is 5.91 Å². The maximum Gasteiger partial charge on any atom is 0.265 e. The molecule has 1 amide bonds. The summed E-state index contributed by atoms with van der Waals surface area (Å²) in [5.74, 6) is 0.196. The van der Waals surface area contributed by atoms with Crippen molar-refractivity contribution in [3.63, 3.8) is 0 Å². The predicted octanol–water partition coefficient (Wildman–Crippen LogP) is 3.45. The molecule has 1 aliphatic rings. The summed E-state index contributed by atoms with van der Waals surface area (Å²) in [6.07, 6.45) is 6.91. The molecule has 1 aromatic carbocycles. The summed E-state index contributed by atoms with van der Waals surface area (Å²) < 4.78 is 29.7. The Labute approximate surface area is 173 Å². The van der Waals surface area contributed by atoms with Crippen LogP contribution in [0.2, 0.25) is 0 Å². The zero-order chi connectivity index (χ0) is 21.0. The van der Waals surface area contributed by atoms with Gasteiger partial charge in [-0.3, -0.25) is 4.79 Å². The number of sulfonamides is 1. The minimum Gasteiger partial charge on any atom is -0.341 e. The lowest BCUT2D eigenvalue weighted by Gasteiger charge is -2.33. The van der Waals surface area contributed by atoms with Crippen molar-refractivity contribution >= 4 is 21.7 Å². The third-order valence-corrected chi connectivity index (χ3v) is 7.28. The lowest BCUT2D eigenvalue weighted by Crippen LogP contribution is -2.46. The van der Waals surface area contributed by atoms with E-state index in [1.54, 1.807) is 59.2 Å². The zero-order valence-electron chi connectivity index (χ0n) is 17.4. The van der Waals surface area contributed by atoms with Crippen molar-refractivity contribution < 1.29 is 13.2 Å². The van der Waals surface area contributed by atoms with Crippen molar-refractivity contribution in [2.45, 2.75) is 62.9 Å². The average molecular weight is 419 g/mol. The molecule has 1 fully saturated rings. The van der Waals surface area contributed by atoms with E-state index < -0.39 is 10.0 Å². The first kappa shape index (κ1) is 21.4. The van der Waals surface area contributed by atoms with Crippen LogP contribution in [0.1, 0.15) is 52.0 Å². The van der Waals surface area contributed by atoms with E-state index in [4.69, 9.17) is 0 Å². The summed E-state index contributed by atoms with van der Waals surface area (Å²) in [6.45, 7) is 3.61. The molecule has 8 heteroatoms. The van der Waals surface area contributed by atoms with Gasteiger partial charge in [0.25, 0.3) is 10.0 Å². The second-order valence-electron chi connectivity index (χ2n) is 7.85. The van der Waals surface area contributed by atoms with Crippen LogP contribution >= 0.6 is 0 Å². The number of hydrogen-bond donors (Lipinski definition) is 0. The molecule has 1 saturated carbocycles. The van der Waals surface area contributed by atoms with Crippen molar-refractivity contribution in [3.05, 3.63) is 42.6 Å². The maximum atomic E-state index is 13.5. The van der Waals surface area contributed by atoms with Gasteiger partial charge in [-0.15, -0.1) is 0 Å². The standard InChI is InChI=1S/C21H30N4O3S/c1-17(2)25-20(14-15-22-25)24(29(27,28)19-12-8-5-9-13-19)16-21(26)23(3)18-10-6-4-7-11-18/h5,8-9,12-15,17-18H,4,6-7,10-11,16H2,1-3H3. The number of likely N-dealkylation sites (N-methyl/N-ethyl adjacent to an activating group) is 1. The summed E-state index contributed by atoms with van der Waals surface area (Å²) in [5.41, 5.74) is 0.